The molecule has 7 nitrogen and oxygen atoms in total. The quantitative estimate of drug-likeness (QED) is 0.724. The van der Waals surface area contributed by atoms with Crippen LogP contribution in [0, 0.1) is 0 Å². The van der Waals surface area contributed by atoms with E-state index in [2.05, 4.69) is 4.74 Å². The number of sulfonamides is 1. The molecule has 0 bridgehead atoms. The number of hydrogen-bond donors (Lipinski definition) is 1. The molecule has 2 N–H and O–H groups in total. The number of ether oxygens (including phenoxy) is 1. The summed E-state index contributed by atoms with van der Waals surface area (Å²) >= 11 is 0. The lowest BCUT2D eigenvalue weighted by molar-refractivity contribution is 0.0600. The van der Waals surface area contributed by atoms with Crippen LogP contribution in [0.2, 0.25) is 0 Å². The average molecular weight is 352 g/mol. The normalized spacial score (nSPS) is 11.6. The zero-order chi connectivity index (χ0) is 17.6. The van der Waals surface area contributed by atoms with Crippen LogP contribution in [0.3, 0.4) is 0 Å². The van der Waals surface area contributed by atoms with Crippen LogP contribution in [0.5, 0.6) is 0 Å². The predicted octanol–water partition coefficient (Wildman–Crippen LogP) is 1.61. The molecule has 1 heterocycles. The number of methoxy groups -OCH3 is 1. The van der Waals surface area contributed by atoms with Gasteiger partial charge in [0.05, 0.1) is 12.7 Å². The first-order valence-electron chi connectivity index (χ1n) is 7.40. The zero-order valence-corrected chi connectivity index (χ0v) is 14.2. The van der Waals surface area contributed by atoms with Gasteiger partial charge in [-0.25, -0.2) is 13.2 Å². The summed E-state index contributed by atoms with van der Waals surface area (Å²) in [4.78, 5) is 11.5. The summed E-state index contributed by atoms with van der Waals surface area (Å²) in [5.41, 5.74) is 6.40. The Kier molecular flexibility index (Phi) is 6.13. The summed E-state index contributed by atoms with van der Waals surface area (Å²) in [5, 5.41) is -0.296. The van der Waals surface area contributed by atoms with E-state index in [9.17, 15) is 13.2 Å². The topological polar surface area (TPSA) is 103 Å². The van der Waals surface area contributed by atoms with Crippen molar-refractivity contribution in [3.8, 4) is 0 Å². The highest BCUT2D eigenvalue weighted by Crippen LogP contribution is 2.21. The smallest absolute Gasteiger partial charge is 0.341 e. The number of benzene rings is 1. The third-order valence-electron chi connectivity index (χ3n) is 3.40. The third kappa shape index (κ3) is 4.22. The van der Waals surface area contributed by atoms with Crippen molar-refractivity contribution in [2.75, 3.05) is 20.2 Å². The maximum absolute atomic E-state index is 12.8. The lowest BCUT2D eigenvalue weighted by Crippen LogP contribution is -2.32. The first-order chi connectivity index (χ1) is 11.5. The van der Waals surface area contributed by atoms with Crippen LogP contribution in [0.1, 0.15) is 22.3 Å². The number of hydrogen-bond acceptors (Lipinski definition) is 6. The molecule has 24 heavy (non-hydrogen) atoms. The molecule has 2 rings (SSSR count). The van der Waals surface area contributed by atoms with Crippen LogP contribution in [0.15, 0.2) is 52.2 Å². The van der Waals surface area contributed by atoms with Crippen molar-refractivity contribution < 1.29 is 22.4 Å². The molecule has 130 valence electrons. The van der Waals surface area contributed by atoms with Gasteiger partial charge in [0.1, 0.15) is 6.26 Å². The van der Waals surface area contributed by atoms with Crippen LogP contribution < -0.4 is 5.73 Å². The van der Waals surface area contributed by atoms with Gasteiger partial charge in [-0.05, 0) is 18.5 Å². The molecule has 0 fully saturated rings. The van der Waals surface area contributed by atoms with Gasteiger partial charge in [-0.1, -0.05) is 30.3 Å². The van der Waals surface area contributed by atoms with Crippen LogP contribution in [-0.4, -0.2) is 38.9 Å². The molecule has 0 aliphatic heterocycles. The van der Waals surface area contributed by atoms with Gasteiger partial charge in [0.15, 0.2) is 0 Å². The van der Waals surface area contributed by atoms with Gasteiger partial charge in [0.25, 0.3) is 10.0 Å². The highest BCUT2D eigenvalue weighted by molar-refractivity contribution is 7.89. The first kappa shape index (κ1) is 18.2. The molecular weight excluding hydrogens is 332 g/mol. The van der Waals surface area contributed by atoms with E-state index < -0.39 is 16.0 Å². The van der Waals surface area contributed by atoms with Crippen molar-refractivity contribution in [1.82, 2.24) is 4.31 Å². The van der Waals surface area contributed by atoms with Gasteiger partial charge in [-0.2, -0.15) is 4.31 Å². The van der Waals surface area contributed by atoms with Crippen molar-refractivity contribution >= 4 is 16.0 Å². The second kappa shape index (κ2) is 8.09. The van der Waals surface area contributed by atoms with Gasteiger partial charge >= 0.3 is 5.97 Å². The first-order valence-corrected chi connectivity index (χ1v) is 8.84. The molecule has 0 aliphatic carbocycles. The van der Waals surface area contributed by atoms with E-state index in [0.29, 0.717) is 13.0 Å². The minimum absolute atomic E-state index is 0.0505. The van der Waals surface area contributed by atoms with Gasteiger partial charge in [0, 0.05) is 19.2 Å². The van der Waals surface area contributed by atoms with E-state index >= 15 is 0 Å². The number of carbonyl (C=O) groups is 1. The van der Waals surface area contributed by atoms with Gasteiger partial charge < -0.3 is 14.9 Å². The largest absolute Gasteiger partial charge is 0.465 e. The predicted molar refractivity (Wildman–Crippen MR) is 87.8 cm³/mol. The molecule has 0 amide bonds. The van der Waals surface area contributed by atoms with Crippen LogP contribution in [-0.2, 0) is 21.3 Å². The zero-order valence-electron chi connectivity index (χ0n) is 13.3. The molecule has 2 aromatic rings. The Balaban J connectivity index is 2.29. The molecule has 0 spiro atoms. The Bertz CT molecular complexity index is 771. The number of nitrogens with zero attached hydrogens (tertiary/aromatic N) is 1. The van der Waals surface area contributed by atoms with Crippen molar-refractivity contribution in [3.05, 3.63) is 53.8 Å². The standard InChI is InChI=1S/C16H20N2O5S/c1-22-16(19)14-10-15(23-12-14)24(20,21)18(9-5-8-17)11-13-6-3-2-4-7-13/h2-4,6-7,10,12H,5,8-9,11,17H2,1H3. The second-order valence-electron chi connectivity index (χ2n) is 5.11. The van der Waals surface area contributed by atoms with Gasteiger partial charge in [-0.3, -0.25) is 0 Å². The van der Waals surface area contributed by atoms with Crippen LogP contribution in [0.25, 0.3) is 0 Å². The Hall–Kier alpha value is -2.16. The minimum Gasteiger partial charge on any atom is -0.465 e. The van der Waals surface area contributed by atoms with E-state index in [0.717, 1.165) is 11.8 Å². The summed E-state index contributed by atoms with van der Waals surface area (Å²) in [7, 11) is -2.67. The molecule has 0 atom stereocenters. The van der Waals surface area contributed by atoms with Crippen LogP contribution >= 0.6 is 0 Å². The van der Waals surface area contributed by atoms with E-state index in [1.54, 1.807) is 0 Å². The lowest BCUT2D eigenvalue weighted by Gasteiger charge is -2.20. The monoisotopic (exact) mass is 352 g/mol. The molecule has 1 aromatic carbocycles. The second-order valence-corrected chi connectivity index (χ2v) is 6.98. The summed E-state index contributed by atoms with van der Waals surface area (Å²) in [5.74, 6) is -0.656. The Morgan fingerprint density at radius 1 is 1.29 bits per heavy atom. The van der Waals surface area contributed by atoms with Gasteiger partial charge in [0.2, 0.25) is 5.09 Å². The van der Waals surface area contributed by atoms with Crippen molar-refractivity contribution in [2.24, 2.45) is 5.73 Å². The minimum atomic E-state index is -3.89. The number of furan rings is 1. The summed E-state index contributed by atoms with van der Waals surface area (Å²) in [6.07, 6.45) is 1.58. The van der Waals surface area contributed by atoms with E-state index in [4.69, 9.17) is 10.2 Å². The maximum atomic E-state index is 12.8. The highest BCUT2D eigenvalue weighted by atomic mass is 32.2. The lowest BCUT2D eigenvalue weighted by atomic mass is 10.2. The highest BCUT2D eigenvalue weighted by Gasteiger charge is 2.28. The van der Waals surface area contributed by atoms with Crippen molar-refractivity contribution in [3.63, 3.8) is 0 Å². The number of rotatable bonds is 8. The third-order valence-corrected chi connectivity index (χ3v) is 5.12. The molecule has 0 saturated heterocycles. The molecule has 0 saturated carbocycles. The average Bonchev–Trinajstić information content (AvgIpc) is 3.09. The fourth-order valence-electron chi connectivity index (χ4n) is 2.14. The summed E-state index contributed by atoms with van der Waals surface area (Å²) in [6, 6.07) is 10.4. The molecule has 0 radical (unpaired) electrons. The Labute approximate surface area is 141 Å². The molecule has 1 aromatic heterocycles. The Morgan fingerprint density at radius 2 is 2.00 bits per heavy atom. The number of nitrogens with two attached hydrogens (primary N) is 1. The fraction of sp³-hybridized carbons (Fsp3) is 0.312. The molecule has 8 heteroatoms. The number of carbonyl (C=O) groups excluding carboxylic acids is 1. The fourth-order valence-corrected chi connectivity index (χ4v) is 3.53. The van der Waals surface area contributed by atoms with Gasteiger partial charge in [-0.15, -0.1) is 0 Å². The summed E-state index contributed by atoms with van der Waals surface area (Å²) < 4.78 is 36.5. The van der Waals surface area contributed by atoms with E-state index in [1.165, 1.54) is 17.5 Å². The number of esters is 1. The maximum Gasteiger partial charge on any atom is 0.341 e. The molecular formula is C16H20N2O5S. The molecule has 0 unspecified atom stereocenters. The van der Waals surface area contributed by atoms with Crippen molar-refractivity contribution in [2.45, 2.75) is 18.1 Å². The van der Waals surface area contributed by atoms with E-state index in [-0.39, 0.29) is 23.7 Å². The summed E-state index contributed by atoms with van der Waals surface area (Å²) in [6.45, 7) is 0.811. The molecule has 0 aliphatic rings. The van der Waals surface area contributed by atoms with E-state index in [1.807, 2.05) is 30.3 Å². The Morgan fingerprint density at radius 3 is 2.62 bits per heavy atom. The van der Waals surface area contributed by atoms with Crippen LogP contribution in [0.4, 0.5) is 0 Å². The SMILES string of the molecule is COC(=O)c1coc(S(=O)(=O)N(CCCN)Cc2ccccc2)c1. The van der Waals surface area contributed by atoms with Crippen molar-refractivity contribution in [1.29, 1.82) is 0 Å².